The number of aromatic nitrogens is 1. The van der Waals surface area contributed by atoms with Crippen LogP contribution in [0.25, 0.3) is 10.9 Å². The topological polar surface area (TPSA) is 17.0 Å². The van der Waals surface area contributed by atoms with E-state index in [1.54, 1.807) is 11.3 Å². The van der Waals surface area contributed by atoms with Gasteiger partial charge in [-0.25, -0.2) is 0 Å². The monoisotopic (exact) mass is 226 g/mol. The lowest BCUT2D eigenvalue weighted by Gasteiger charge is -2.30. The maximum Gasteiger partial charge on any atom is 0.0729 e. The van der Waals surface area contributed by atoms with E-state index < -0.39 is 0 Å². The second-order valence-electron chi connectivity index (χ2n) is 5.51. The van der Waals surface area contributed by atoms with Crippen LogP contribution in [-0.4, -0.2) is 11.1 Å². The number of aryl methyl sites for hydroxylation is 2. The van der Waals surface area contributed by atoms with Crippen LogP contribution in [0.3, 0.4) is 0 Å². The highest BCUT2D eigenvalue weighted by atomic mass is 15.2. The fraction of sp³-hybridized carbons (Fsp3) is 0.467. The van der Waals surface area contributed by atoms with Crippen molar-refractivity contribution in [3.8, 4) is 0 Å². The van der Waals surface area contributed by atoms with Gasteiger partial charge in [-0.1, -0.05) is 11.6 Å². The van der Waals surface area contributed by atoms with Crippen LogP contribution in [0.4, 0.5) is 0 Å². The first-order valence-electron chi connectivity index (χ1n) is 6.67. The quantitative estimate of drug-likeness (QED) is 0.731. The van der Waals surface area contributed by atoms with Crippen LogP contribution in [0.2, 0.25) is 0 Å². The van der Waals surface area contributed by atoms with Crippen LogP contribution in [0.15, 0.2) is 18.2 Å². The molecule has 1 aromatic carbocycles. The molecule has 17 heavy (non-hydrogen) atoms. The second kappa shape index (κ2) is 3.36. The fourth-order valence-electron chi connectivity index (χ4n) is 3.67. The molecule has 2 nitrogen and oxygen atoms in total. The molecular weight excluding hydrogens is 208 g/mol. The summed E-state index contributed by atoms with van der Waals surface area (Å²) in [6.45, 7) is 4.36. The first kappa shape index (κ1) is 9.72. The number of hydrogen-bond donors (Lipinski definition) is 1. The van der Waals surface area contributed by atoms with E-state index >= 15 is 0 Å². The summed E-state index contributed by atoms with van der Waals surface area (Å²) in [7, 11) is 0. The molecule has 4 rings (SSSR count). The minimum atomic E-state index is 0.750. The van der Waals surface area contributed by atoms with Crippen molar-refractivity contribution in [3.63, 3.8) is 0 Å². The largest absolute Gasteiger partial charge is 0.331 e. The zero-order valence-electron chi connectivity index (χ0n) is 10.3. The molecule has 1 N–H and O–H groups in total. The zero-order valence-corrected chi connectivity index (χ0v) is 10.3. The van der Waals surface area contributed by atoms with Crippen molar-refractivity contribution in [2.45, 2.75) is 38.8 Å². The zero-order chi connectivity index (χ0) is 11.4. The summed E-state index contributed by atoms with van der Waals surface area (Å²) in [5.41, 5.74) is 6.09. The summed E-state index contributed by atoms with van der Waals surface area (Å²) in [5.74, 6) is 0.750. The minimum Gasteiger partial charge on any atom is -0.331 e. The highest BCUT2D eigenvalue weighted by molar-refractivity contribution is 5.87. The van der Waals surface area contributed by atoms with Crippen molar-refractivity contribution < 1.29 is 0 Å². The Morgan fingerprint density at radius 2 is 2.29 bits per heavy atom. The van der Waals surface area contributed by atoms with Crippen LogP contribution in [0.1, 0.15) is 35.6 Å². The molecule has 2 heteroatoms. The van der Waals surface area contributed by atoms with Crippen molar-refractivity contribution in [1.29, 1.82) is 0 Å². The van der Waals surface area contributed by atoms with Crippen molar-refractivity contribution in [1.82, 2.24) is 9.88 Å². The molecule has 0 bridgehead atoms. The Kier molecular flexibility index (Phi) is 1.92. The van der Waals surface area contributed by atoms with Gasteiger partial charge in [0.25, 0.3) is 0 Å². The molecule has 0 saturated carbocycles. The van der Waals surface area contributed by atoms with Crippen LogP contribution in [0.5, 0.6) is 0 Å². The van der Waals surface area contributed by atoms with Gasteiger partial charge in [0.15, 0.2) is 0 Å². The summed E-state index contributed by atoms with van der Waals surface area (Å²) >= 11 is 0. The van der Waals surface area contributed by atoms with Gasteiger partial charge in [0.1, 0.15) is 0 Å². The number of fused-ring (bicyclic) bond motifs is 3. The molecule has 2 aliphatic rings. The highest BCUT2D eigenvalue weighted by Crippen LogP contribution is 2.39. The van der Waals surface area contributed by atoms with Gasteiger partial charge < -0.3 is 4.57 Å². The average molecular weight is 226 g/mol. The van der Waals surface area contributed by atoms with Gasteiger partial charge in [0, 0.05) is 29.1 Å². The SMILES string of the molecule is Cc1ccc2c(c1)c1c3n2CNC[C@H]3CCC1. The molecule has 1 aliphatic heterocycles. The van der Waals surface area contributed by atoms with E-state index in [-0.39, 0.29) is 0 Å². The predicted octanol–water partition coefficient (Wildman–Crippen LogP) is 2.93. The van der Waals surface area contributed by atoms with E-state index in [1.807, 2.05) is 0 Å². The van der Waals surface area contributed by atoms with Gasteiger partial charge in [0.2, 0.25) is 0 Å². The molecule has 0 amide bonds. The van der Waals surface area contributed by atoms with Gasteiger partial charge in [-0.2, -0.15) is 0 Å². The Labute approximate surface area is 102 Å². The number of hydrogen-bond acceptors (Lipinski definition) is 1. The number of rotatable bonds is 0. The van der Waals surface area contributed by atoms with E-state index in [1.165, 1.54) is 42.3 Å². The lowest BCUT2D eigenvalue weighted by atomic mass is 9.86. The molecule has 2 heterocycles. The molecule has 1 aromatic heterocycles. The van der Waals surface area contributed by atoms with Crippen molar-refractivity contribution in [3.05, 3.63) is 35.0 Å². The molecular formula is C15H18N2. The third kappa shape index (κ3) is 1.25. The van der Waals surface area contributed by atoms with Crippen LogP contribution >= 0.6 is 0 Å². The van der Waals surface area contributed by atoms with Crippen LogP contribution in [-0.2, 0) is 13.1 Å². The van der Waals surface area contributed by atoms with Crippen molar-refractivity contribution in [2.24, 2.45) is 0 Å². The molecule has 0 radical (unpaired) electrons. The summed E-state index contributed by atoms with van der Waals surface area (Å²) in [6, 6.07) is 6.91. The molecule has 0 unspecified atom stereocenters. The van der Waals surface area contributed by atoms with Gasteiger partial charge in [0.05, 0.1) is 6.67 Å². The Bertz CT molecular complexity index is 592. The second-order valence-corrected chi connectivity index (χ2v) is 5.51. The molecule has 88 valence electrons. The first-order chi connectivity index (χ1) is 8.34. The molecule has 1 atom stereocenters. The summed E-state index contributed by atoms with van der Waals surface area (Å²) in [6.07, 6.45) is 3.99. The third-order valence-corrected chi connectivity index (χ3v) is 4.39. The van der Waals surface area contributed by atoms with E-state index in [0.29, 0.717) is 0 Å². The summed E-state index contributed by atoms with van der Waals surface area (Å²) in [5, 5.41) is 5.07. The Hall–Kier alpha value is -1.28. The van der Waals surface area contributed by atoms with Gasteiger partial charge in [-0.15, -0.1) is 0 Å². The van der Waals surface area contributed by atoms with Crippen LogP contribution in [0, 0.1) is 6.92 Å². The van der Waals surface area contributed by atoms with Gasteiger partial charge in [-0.3, -0.25) is 5.32 Å². The first-order valence-corrected chi connectivity index (χ1v) is 6.67. The Balaban J connectivity index is 2.11. The highest BCUT2D eigenvalue weighted by Gasteiger charge is 2.29. The fourth-order valence-corrected chi connectivity index (χ4v) is 3.67. The molecule has 0 fully saturated rings. The average Bonchev–Trinajstić information content (AvgIpc) is 2.67. The predicted molar refractivity (Wildman–Crippen MR) is 70.4 cm³/mol. The smallest absolute Gasteiger partial charge is 0.0729 e. The van der Waals surface area contributed by atoms with Crippen molar-refractivity contribution >= 4 is 10.9 Å². The van der Waals surface area contributed by atoms with Gasteiger partial charge in [-0.05, 0) is 43.9 Å². The Morgan fingerprint density at radius 1 is 1.35 bits per heavy atom. The van der Waals surface area contributed by atoms with E-state index in [0.717, 1.165) is 12.6 Å². The number of benzene rings is 1. The van der Waals surface area contributed by atoms with E-state index in [2.05, 4.69) is 35.0 Å². The van der Waals surface area contributed by atoms with Gasteiger partial charge >= 0.3 is 0 Å². The molecule has 0 saturated heterocycles. The molecule has 0 spiro atoms. The normalized spacial score (nSPS) is 22.8. The minimum absolute atomic E-state index is 0.750. The number of nitrogens with zero attached hydrogens (tertiary/aromatic N) is 1. The lowest BCUT2D eigenvalue weighted by Crippen LogP contribution is -2.34. The molecule has 2 aromatic rings. The Morgan fingerprint density at radius 3 is 3.24 bits per heavy atom. The maximum atomic E-state index is 3.56. The molecule has 1 aliphatic carbocycles. The van der Waals surface area contributed by atoms with Crippen LogP contribution < -0.4 is 5.32 Å². The maximum absolute atomic E-state index is 3.56. The van der Waals surface area contributed by atoms with Crippen molar-refractivity contribution in [2.75, 3.05) is 6.54 Å². The lowest BCUT2D eigenvalue weighted by molar-refractivity contribution is 0.402. The van der Waals surface area contributed by atoms with E-state index in [9.17, 15) is 0 Å². The summed E-state index contributed by atoms with van der Waals surface area (Å²) in [4.78, 5) is 0. The summed E-state index contributed by atoms with van der Waals surface area (Å²) < 4.78 is 2.51. The standard InChI is InChI=1S/C15H18N2/c1-10-5-6-14-13(7-10)12-4-2-3-11-8-16-9-17(14)15(11)12/h5-7,11,16H,2-4,8-9H2,1H3/t11-/m1/s1. The number of nitrogens with one attached hydrogen (secondary N) is 1. The van der Waals surface area contributed by atoms with E-state index in [4.69, 9.17) is 0 Å². The third-order valence-electron chi connectivity index (χ3n) is 4.39.